The van der Waals surface area contributed by atoms with Crippen LogP contribution in [0.4, 0.5) is 0 Å². The molecular formula is C11H15N3O2S2. The number of aryl methyl sites for hydroxylation is 1. The summed E-state index contributed by atoms with van der Waals surface area (Å²) in [6, 6.07) is 1.54. The van der Waals surface area contributed by atoms with Gasteiger partial charge in [0, 0.05) is 18.4 Å². The standard InChI is InChI=1S/C11H15N3O2S2/c1-2-9-13-14-10(16)6-8(12-11(14)18-9)7-17-5-3-4-15/h6,15H,2-5,7H2,1H3. The summed E-state index contributed by atoms with van der Waals surface area (Å²) in [7, 11) is 0. The van der Waals surface area contributed by atoms with E-state index in [1.165, 1.54) is 21.9 Å². The van der Waals surface area contributed by atoms with E-state index in [9.17, 15) is 4.79 Å². The molecule has 0 bridgehead atoms. The van der Waals surface area contributed by atoms with Gasteiger partial charge < -0.3 is 5.11 Å². The summed E-state index contributed by atoms with van der Waals surface area (Å²) in [6.07, 6.45) is 1.58. The highest BCUT2D eigenvalue weighted by atomic mass is 32.2. The van der Waals surface area contributed by atoms with Crippen LogP contribution in [0.1, 0.15) is 24.0 Å². The summed E-state index contributed by atoms with van der Waals surface area (Å²) in [5.41, 5.74) is 0.669. The zero-order valence-electron chi connectivity index (χ0n) is 10.1. The van der Waals surface area contributed by atoms with Gasteiger partial charge in [-0.15, -0.1) is 0 Å². The molecule has 0 fully saturated rings. The van der Waals surface area contributed by atoms with Gasteiger partial charge in [-0.2, -0.15) is 21.4 Å². The van der Waals surface area contributed by atoms with Gasteiger partial charge in [0.15, 0.2) is 0 Å². The minimum absolute atomic E-state index is 0.117. The summed E-state index contributed by atoms with van der Waals surface area (Å²) in [4.78, 5) is 16.9. The van der Waals surface area contributed by atoms with Gasteiger partial charge in [-0.1, -0.05) is 18.3 Å². The molecule has 0 saturated carbocycles. The number of fused-ring (bicyclic) bond motifs is 1. The smallest absolute Gasteiger partial charge is 0.275 e. The molecule has 18 heavy (non-hydrogen) atoms. The molecule has 1 N–H and O–H groups in total. The maximum atomic E-state index is 11.8. The fraction of sp³-hybridized carbons (Fsp3) is 0.545. The lowest BCUT2D eigenvalue weighted by atomic mass is 10.4. The van der Waals surface area contributed by atoms with Crippen molar-refractivity contribution in [2.24, 2.45) is 0 Å². The van der Waals surface area contributed by atoms with Crippen LogP contribution in [0.3, 0.4) is 0 Å². The van der Waals surface area contributed by atoms with Crippen LogP contribution in [-0.2, 0) is 12.2 Å². The van der Waals surface area contributed by atoms with E-state index < -0.39 is 0 Å². The first-order valence-electron chi connectivity index (χ1n) is 5.82. The van der Waals surface area contributed by atoms with E-state index >= 15 is 0 Å². The number of aliphatic hydroxyl groups is 1. The van der Waals surface area contributed by atoms with Crippen molar-refractivity contribution < 1.29 is 5.11 Å². The average Bonchev–Trinajstić information content (AvgIpc) is 2.78. The largest absolute Gasteiger partial charge is 0.396 e. The fourth-order valence-corrected chi connectivity index (χ4v) is 3.15. The second kappa shape index (κ2) is 6.31. The third kappa shape index (κ3) is 3.09. The Bertz CT molecular complexity index is 579. The minimum Gasteiger partial charge on any atom is -0.396 e. The molecule has 0 aromatic carbocycles. The summed E-state index contributed by atoms with van der Waals surface area (Å²) in [5, 5.41) is 13.8. The molecule has 0 radical (unpaired) electrons. The van der Waals surface area contributed by atoms with Gasteiger partial charge in [0.05, 0.1) is 5.69 Å². The van der Waals surface area contributed by atoms with Gasteiger partial charge in [0.25, 0.3) is 5.56 Å². The Hall–Kier alpha value is -0.920. The highest BCUT2D eigenvalue weighted by molar-refractivity contribution is 7.98. The Balaban J connectivity index is 2.17. The lowest BCUT2D eigenvalue weighted by molar-refractivity contribution is 0.296. The average molecular weight is 285 g/mol. The highest BCUT2D eigenvalue weighted by Crippen LogP contribution is 2.14. The van der Waals surface area contributed by atoms with Crippen molar-refractivity contribution in [2.45, 2.75) is 25.5 Å². The summed E-state index contributed by atoms with van der Waals surface area (Å²) < 4.78 is 1.37. The van der Waals surface area contributed by atoms with Crippen LogP contribution in [0.5, 0.6) is 0 Å². The van der Waals surface area contributed by atoms with Gasteiger partial charge >= 0.3 is 0 Å². The summed E-state index contributed by atoms with van der Waals surface area (Å²) in [6.45, 7) is 2.21. The van der Waals surface area contributed by atoms with Crippen LogP contribution >= 0.6 is 23.1 Å². The maximum Gasteiger partial charge on any atom is 0.275 e. The second-order valence-corrected chi connectivity index (χ2v) is 5.90. The second-order valence-electron chi connectivity index (χ2n) is 3.76. The molecule has 0 unspecified atom stereocenters. The monoisotopic (exact) mass is 285 g/mol. The van der Waals surface area contributed by atoms with Gasteiger partial charge in [-0.3, -0.25) is 4.79 Å². The first-order chi connectivity index (χ1) is 8.74. The lowest BCUT2D eigenvalue weighted by Gasteiger charge is -1.99. The van der Waals surface area contributed by atoms with Gasteiger partial charge in [-0.25, -0.2) is 4.98 Å². The van der Waals surface area contributed by atoms with Crippen molar-refractivity contribution in [1.29, 1.82) is 0 Å². The normalized spacial score (nSPS) is 11.2. The maximum absolute atomic E-state index is 11.8. The molecule has 2 heterocycles. The van der Waals surface area contributed by atoms with Crippen LogP contribution in [0, 0.1) is 0 Å². The Kier molecular flexibility index (Phi) is 4.73. The molecule has 2 aromatic rings. The SMILES string of the molecule is CCc1nn2c(=O)cc(CSCCCO)nc2s1. The van der Waals surface area contributed by atoms with Crippen molar-refractivity contribution in [2.75, 3.05) is 12.4 Å². The molecule has 0 aliphatic rings. The molecule has 0 aliphatic carbocycles. The van der Waals surface area contributed by atoms with E-state index in [0.29, 0.717) is 10.7 Å². The number of hydrogen-bond acceptors (Lipinski definition) is 6. The molecule has 5 nitrogen and oxygen atoms in total. The van der Waals surface area contributed by atoms with E-state index in [-0.39, 0.29) is 12.2 Å². The zero-order chi connectivity index (χ0) is 13.0. The van der Waals surface area contributed by atoms with Crippen LogP contribution in [0.25, 0.3) is 4.96 Å². The van der Waals surface area contributed by atoms with Crippen molar-refractivity contribution in [3.8, 4) is 0 Å². The van der Waals surface area contributed by atoms with Crippen LogP contribution in [0.15, 0.2) is 10.9 Å². The molecule has 2 aromatic heterocycles. The molecule has 98 valence electrons. The molecule has 2 rings (SSSR count). The predicted molar refractivity (Wildman–Crippen MR) is 74.4 cm³/mol. The molecule has 0 saturated heterocycles. The quantitative estimate of drug-likeness (QED) is 0.811. The summed E-state index contributed by atoms with van der Waals surface area (Å²) >= 11 is 3.14. The minimum atomic E-state index is -0.117. The molecule has 7 heteroatoms. The van der Waals surface area contributed by atoms with E-state index in [4.69, 9.17) is 5.11 Å². The Morgan fingerprint density at radius 3 is 3.11 bits per heavy atom. The molecule has 0 atom stereocenters. The van der Waals surface area contributed by atoms with Crippen LogP contribution < -0.4 is 5.56 Å². The van der Waals surface area contributed by atoms with Crippen molar-refractivity contribution in [1.82, 2.24) is 14.6 Å². The van der Waals surface area contributed by atoms with Crippen molar-refractivity contribution in [3.63, 3.8) is 0 Å². The van der Waals surface area contributed by atoms with Crippen LogP contribution in [0.2, 0.25) is 0 Å². The van der Waals surface area contributed by atoms with Crippen LogP contribution in [-0.4, -0.2) is 32.1 Å². The van der Waals surface area contributed by atoms with E-state index in [0.717, 1.165) is 29.3 Å². The number of aromatic nitrogens is 3. The van der Waals surface area contributed by atoms with Gasteiger partial charge in [0.2, 0.25) is 4.96 Å². The van der Waals surface area contributed by atoms with Gasteiger partial charge in [-0.05, 0) is 18.6 Å². The molecular weight excluding hydrogens is 270 g/mol. The first kappa shape index (κ1) is 13.5. The first-order valence-corrected chi connectivity index (χ1v) is 7.79. The lowest BCUT2D eigenvalue weighted by Crippen LogP contribution is -2.15. The highest BCUT2D eigenvalue weighted by Gasteiger charge is 2.07. The summed E-state index contributed by atoms with van der Waals surface area (Å²) in [5.74, 6) is 1.57. The van der Waals surface area contributed by atoms with Gasteiger partial charge in [0.1, 0.15) is 5.01 Å². The number of hydrogen-bond donors (Lipinski definition) is 1. The van der Waals surface area contributed by atoms with E-state index in [2.05, 4.69) is 10.1 Å². The zero-order valence-corrected chi connectivity index (χ0v) is 11.8. The fourth-order valence-electron chi connectivity index (χ4n) is 1.46. The molecule has 0 amide bonds. The number of aliphatic hydroxyl groups excluding tert-OH is 1. The van der Waals surface area contributed by atoms with Crippen molar-refractivity contribution >= 4 is 28.1 Å². The number of nitrogens with zero attached hydrogens (tertiary/aromatic N) is 3. The third-order valence-electron chi connectivity index (χ3n) is 2.34. The topological polar surface area (TPSA) is 67.5 Å². The number of thioether (sulfide) groups is 1. The Morgan fingerprint density at radius 1 is 1.56 bits per heavy atom. The Morgan fingerprint density at radius 2 is 2.39 bits per heavy atom. The predicted octanol–water partition coefficient (Wildman–Crippen LogP) is 1.33. The van der Waals surface area contributed by atoms with E-state index in [1.54, 1.807) is 11.8 Å². The number of rotatable bonds is 6. The van der Waals surface area contributed by atoms with E-state index in [1.807, 2.05) is 6.92 Å². The van der Waals surface area contributed by atoms with Crippen molar-refractivity contribution in [3.05, 3.63) is 27.1 Å². The third-order valence-corrected chi connectivity index (χ3v) is 4.47. The molecule has 0 aliphatic heterocycles. The Labute approximate surface area is 113 Å². The molecule has 0 spiro atoms.